The van der Waals surface area contributed by atoms with Crippen molar-refractivity contribution in [3.05, 3.63) is 58.7 Å². The Kier molecular flexibility index (Phi) is 8.36. The van der Waals surface area contributed by atoms with Crippen molar-refractivity contribution >= 4 is 23.4 Å². The van der Waals surface area contributed by atoms with Crippen LogP contribution in [0, 0.1) is 11.7 Å². The van der Waals surface area contributed by atoms with E-state index >= 15 is 4.39 Å². The molecule has 5 rings (SSSR count). The molecular formula is C30H34F5N5O3. The highest BCUT2D eigenvalue weighted by molar-refractivity contribution is 6.02. The van der Waals surface area contributed by atoms with Crippen LogP contribution >= 0.6 is 0 Å². The second-order valence-corrected chi connectivity index (χ2v) is 11.8. The van der Waals surface area contributed by atoms with E-state index in [4.69, 9.17) is 0 Å². The van der Waals surface area contributed by atoms with Crippen molar-refractivity contribution in [3.8, 4) is 0 Å². The lowest BCUT2D eigenvalue weighted by Gasteiger charge is -2.28. The molecule has 232 valence electrons. The average molecular weight is 608 g/mol. The zero-order valence-corrected chi connectivity index (χ0v) is 24.0. The maximum Gasteiger partial charge on any atom is 0.408 e. The second kappa shape index (κ2) is 11.7. The zero-order chi connectivity index (χ0) is 31.2. The van der Waals surface area contributed by atoms with E-state index in [0.29, 0.717) is 4.90 Å². The highest BCUT2D eigenvalue weighted by Crippen LogP contribution is 2.46. The van der Waals surface area contributed by atoms with Gasteiger partial charge in [-0.25, -0.2) is 8.78 Å². The first-order chi connectivity index (χ1) is 20.3. The van der Waals surface area contributed by atoms with Gasteiger partial charge in [0.2, 0.25) is 5.91 Å². The van der Waals surface area contributed by atoms with E-state index in [9.17, 15) is 31.9 Å². The molecule has 1 aliphatic heterocycles. The van der Waals surface area contributed by atoms with E-state index in [1.54, 1.807) is 10.7 Å². The molecule has 43 heavy (non-hydrogen) atoms. The summed E-state index contributed by atoms with van der Waals surface area (Å²) >= 11 is 0. The van der Waals surface area contributed by atoms with Crippen LogP contribution in [-0.2, 0) is 9.59 Å². The number of hydrogen-bond acceptors (Lipinski definition) is 4. The predicted octanol–water partition coefficient (Wildman–Crippen LogP) is 5.45. The van der Waals surface area contributed by atoms with Crippen LogP contribution in [0.1, 0.15) is 80.9 Å². The van der Waals surface area contributed by atoms with Crippen LogP contribution in [0.2, 0.25) is 0 Å². The van der Waals surface area contributed by atoms with Crippen molar-refractivity contribution in [1.29, 1.82) is 0 Å². The largest absolute Gasteiger partial charge is 0.408 e. The minimum absolute atomic E-state index is 0.0781. The summed E-state index contributed by atoms with van der Waals surface area (Å²) in [5.74, 6) is -4.04. The first kappa shape index (κ1) is 30.7. The Hall–Kier alpha value is -3.77. The maximum atomic E-state index is 15.3. The summed E-state index contributed by atoms with van der Waals surface area (Å²) in [6.45, 7) is 4.38. The number of nitrogens with zero attached hydrogens (tertiary/aromatic N) is 3. The number of rotatable bonds is 9. The molecule has 13 heteroatoms. The van der Waals surface area contributed by atoms with E-state index in [0.717, 1.165) is 42.9 Å². The summed E-state index contributed by atoms with van der Waals surface area (Å²) in [6.07, 6.45) is -2.53. The summed E-state index contributed by atoms with van der Waals surface area (Å²) < 4.78 is 70.9. The SMILES string of the molecule is CC(C)n1nccc1C(=O)N[C@H](C(=O)Nc1ccc([C@H](C)C(=O)N2C[C@@H](F)C[C@@H]2C(F)(F)F)cc1F)C(=C1CC1)C1CC1. The molecule has 3 aliphatic rings. The number of hydrogen-bond donors (Lipinski definition) is 2. The van der Waals surface area contributed by atoms with Gasteiger partial charge >= 0.3 is 6.18 Å². The van der Waals surface area contributed by atoms with Crippen molar-refractivity contribution < 1.29 is 36.3 Å². The fourth-order valence-electron chi connectivity index (χ4n) is 5.71. The van der Waals surface area contributed by atoms with Gasteiger partial charge in [0.05, 0.1) is 18.2 Å². The number of alkyl halides is 4. The molecule has 0 spiro atoms. The fourth-order valence-corrected chi connectivity index (χ4v) is 5.71. The van der Waals surface area contributed by atoms with Crippen molar-refractivity contribution in [2.75, 3.05) is 11.9 Å². The quantitative estimate of drug-likeness (QED) is 0.293. The lowest BCUT2D eigenvalue weighted by Crippen LogP contribution is -2.46. The number of amides is 3. The van der Waals surface area contributed by atoms with Crippen molar-refractivity contribution in [3.63, 3.8) is 0 Å². The van der Waals surface area contributed by atoms with E-state index in [1.165, 1.54) is 25.3 Å². The number of halogens is 5. The van der Waals surface area contributed by atoms with Gasteiger partial charge in [0.1, 0.15) is 29.8 Å². The summed E-state index contributed by atoms with van der Waals surface area (Å²) in [5, 5.41) is 9.56. The van der Waals surface area contributed by atoms with E-state index < -0.39 is 66.9 Å². The van der Waals surface area contributed by atoms with Crippen LogP contribution in [0.3, 0.4) is 0 Å². The third-order valence-electron chi connectivity index (χ3n) is 8.20. The van der Waals surface area contributed by atoms with Crippen molar-refractivity contribution in [2.45, 2.75) is 89.3 Å². The molecule has 0 unspecified atom stereocenters. The molecule has 8 nitrogen and oxygen atoms in total. The Morgan fingerprint density at radius 3 is 2.35 bits per heavy atom. The molecule has 2 saturated carbocycles. The summed E-state index contributed by atoms with van der Waals surface area (Å²) in [5.41, 5.74) is 2.08. The monoisotopic (exact) mass is 607 g/mol. The van der Waals surface area contributed by atoms with Gasteiger partial charge in [-0.05, 0) is 81.7 Å². The van der Waals surface area contributed by atoms with Crippen LogP contribution in [-0.4, -0.2) is 63.4 Å². The average Bonchev–Trinajstić information content (AvgIpc) is 3.87. The first-order valence-corrected chi connectivity index (χ1v) is 14.4. The molecule has 2 aliphatic carbocycles. The molecule has 3 fully saturated rings. The normalized spacial score (nSPS) is 21.5. The Balaban J connectivity index is 1.34. The Morgan fingerprint density at radius 2 is 1.77 bits per heavy atom. The fraction of sp³-hybridized carbons (Fsp3) is 0.533. The summed E-state index contributed by atoms with van der Waals surface area (Å²) in [4.78, 5) is 40.3. The molecule has 3 amide bonds. The first-order valence-electron chi connectivity index (χ1n) is 14.4. The van der Waals surface area contributed by atoms with Gasteiger partial charge in [0.15, 0.2) is 0 Å². The zero-order valence-electron chi connectivity index (χ0n) is 24.0. The van der Waals surface area contributed by atoms with Crippen molar-refractivity contribution in [1.82, 2.24) is 20.0 Å². The number of benzene rings is 1. The van der Waals surface area contributed by atoms with Gasteiger partial charge in [-0.1, -0.05) is 11.6 Å². The maximum absolute atomic E-state index is 15.3. The molecular weight excluding hydrogens is 573 g/mol. The van der Waals surface area contributed by atoms with Crippen LogP contribution in [0.25, 0.3) is 0 Å². The number of allylic oxidation sites excluding steroid dienone is 1. The van der Waals surface area contributed by atoms with E-state index in [-0.39, 0.29) is 28.9 Å². The minimum atomic E-state index is -4.79. The minimum Gasteiger partial charge on any atom is -0.335 e. The number of carbonyl (C=O) groups excluding carboxylic acids is 3. The molecule has 1 aromatic carbocycles. The molecule has 1 aromatic heterocycles. The number of likely N-dealkylation sites (tertiary alicyclic amines) is 1. The molecule has 2 N–H and O–H groups in total. The lowest BCUT2D eigenvalue weighted by molar-refractivity contribution is -0.183. The lowest BCUT2D eigenvalue weighted by atomic mass is 9.97. The second-order valence-electron chi connectivity index (χ2n) is 11.8. The van der Waals surface area contributed by atoms with E-state index in [1.807, 2.05) is 13.8 Å². The Labute approximate surface area is 245 Å². The van der Waals surface area contributed by atoms with E-state index in [2.05, 4.69) is 15.7 Å². The van der Waals surface area contributed by atoms with Crippen LogP contribution in [0.4, 0.5) is 27.6 Å². The van der Waals surface area contributed by atoms with Gasteiger partial charge in [-0.2, -0.15) is 18.3 Å². The van der Waals surface area contributed by atoms with Gasteiger partial charge in [-0.3, -0.25) is 19.1 Å². The highest BCUT2D eigenvalue weighted by Gasteiger charge is 2.51. The predicted molar refractivity (Wildman–Crippen MR) is 147 cm³/mol. The Morgan fingerprint density at radius 1 is 1.07 bits per heavy atom. The van der Waals surface area contributed by atoms with Gasteiger partial charge < -0.3 is 15.5 Å². The number of carbonyl (C=O) groups is 3. The number of anilines is 1. The molecule has 0 radical (unpaired) electrons. The summed E-state index contributed by atoms with van der Waals surface area (Å²) in [7, 11) is 0. The van der Waals surface area contributed by atoms with Crippen molar-refractivity contribution in [2.24, 2.45) is 5.92 Å². The number of aromatic nitrogens is 2. The van der Waals surface area contributed by atoms with Crippen LogP contribution in [0.15, 0.2) is 41.6 Å². The van der Waals surface area contributed by atoms with Gasteiger partial charge in [0.25, 0.3) is 11.8 Å². The van der Waals surface area contributed by atoms with Gasteiger partial charge in [0, 0.05) is 18.7 Å². The van der Waals surface area contributed by atoms with Crippen LogP contribution in [0.5, 0.6) is 0 Å². The van der Waals surface area contributed by atoms with Crippen LogP contribution < -0.4 is 10.6 Å². The third kappa shape index (κ3) is 6.59. The molecule has 2 aromatic rings. The third-order valence-corrected chi connectivity index (χ3v) is 8.20. The molecule has 0 bridgehead atoms. The summed E-state index contributed by atoms with van der Waals surface area (Å²) in [6, 6.07) is 1.70. The standard InChI is InChI=1S/C30H34F5N5O3/c1-15(2)40-23(10-11-36-40)27(41)38-26(25(17-4-5-17)18-6-7-18)28(42)37-22-9-8-19(12-21(22)32)16(3)29(43)39-14-20(31)13-24(39)30(33,34)35/h8-12,15-17,20,24,26H,4-7,13-14H2,1-3H3,(H,37,42)(H,38,41)/t16-,20-,24+,26-/m0/s1. The molecule has 1 saturated heterocycles. The highest BCUT2D eigenvalue weighted by atomic mass is 19.4. The number of nitrogens with one attached hydrogen (secondary N) is 2. The molecule has 2 heterocycles. The van der Waals surface area contributed by atoms with Gasteiger partial charge in [-0.15, -0.1) is 0 Å². The molecule has 4 atom stereocenters. The topological polar surface area (TPSA) is 96.3 Å². The smallest absolute Gasteiger partial charge is 0.335 e. The Bertz CT molecular complexity index is 1440.